The molecule has 123 heavy (non-hydrogen) atoms. The Balaban J connectivity index is 0.000000255. The molecule has 22 nitrogen and oxygen atoms in total. The molecule has 12 aromatic rings. The Morgan fingerprint density at radius 3 is 0.967 bits per heavy atom. The van der Waals surface area contributed by atoms with Gasteiger partial charge in [0.05, 0.1) is 72.6 Å². The third kappa shape index (κ3) is 26.8. The van der Waals surface area contributed by atoms with Gasteiger partial charge in [0.15, 0.2) is 0 Å². The molecule has 4 aromatic heterocycles. The van der Waals surface area contributed by atoms with Crippen molar-refractivity contribution in [3.05, 3.63) is 260 Å². The van der Waals surface area contributed by atoms with E-state index in [1.807, 2.05) is 134 Å². The number of nitrogens with zero attached hydrogens (tertiary/aromatic N) is 2. The van der Waals surface area contributed by atoms with E-state index in [9.17, 15) is 77.8 Å². The topological polar surface area (TPSA) is 334 Å². The Hall–Kier alpha value is -10.4. The number of benzene rings is 8. The fourth-order valence-corrected chi connectivity index (χ4v) is 18.6. The number of hydrogen-bond acceptors (Lipinski definition) is 24. The SMILES string of the molecule is CC(C)c1c(C(=O)Nc2ccc(OC(=O)CCC(=O)Oc3ccc(-c4cc(=S)ss4)cc3)cc2)c(-c2ccccc2)c(-c2ccc(F)cc2)n1CC[C@@H](O)C[C@@H](O)CC(=O)[O-].CC(C)c1c(C(=O)Nc2ccc(OC(=O)CCC(=O)Oc3ccc(-c4cc(=S)ss4)cc3)cc2)c(-c2ccccc2)c(-c2ccc(F)cc2)n1CC[C@@H](O)C[C@@H](O)CC(=O)[O-].[Ca+2]. The molecule has 12 rings (SSSR count). The summed E-state index contributed by atoms with van der Waals surface area (Å²) < 4.78 is 55.6. The number of aliphatic carboxylic acids is 2. The largest absolute Gasteiger partial charge is 2.00 e. The first kappa shape index (κ1) is 94.8. The third-order valence-corrected chi connectivity index (χ3v) is 25.0. The Morgan fingerprint density at radius 1 is 0.398 bits per heavy atom. The van der Waals surface area contributed by atoms with Crippen molar-refractivity contribution in [3.63, 3.8) is 0 Å². The van der Waals surface area contributed by atoms with Crippen molar-refractivity contribution in [2.24, 2.45) is 0 Å². The van der Waals surface area contributed by atoms with Gasteiger partial charge in [0, 0.05) is 81.5 Å². The summed E-state index contributed by atoms with van der Waals surface area (Å²) in [4.78, 5) is 103. The number of amides is 2. The van der Waals surface area contributed by atoms with Crippen LogP contribution in [0.4, 0.5) is 20.2 Å². The van der Waals surface area contributed by atoms with Crippen molar-refractivity contribution in [3.8, 4) is 88.6 Å². The van der Waals surface area contributed by atoms with Crippen molar-refractivity contribution < 1.29 is 96.7 Å². The molecule has 0 saturated carbocycles. The van der Waals surface area contributed by atoms with Gasteiger partial charge in [-0.3, -0.25) is 28.8 Å². The number of halogens is 2. The van der Waals surface area contributed by atoms with Crippen LogP contribution >= 0.6 is 65.8 Å². The van der Waals surface area contributed by atoms with Crippen molar-refractivity contribution in [2.45, 2.75) is 141 Å². The van der Waals surface area contributed by atoms with Gasteiger partial charge in [-0.25, -0.2) is 8.78 Å². The van der Waals surface area contributed by atoms with E-state index in [0.29, 0.717) is 90.2 Å². The molecule has 0 spiro atoms. The van der Waals surface area contributed by atoms with E-state index in [1.54, 1.807) is 93.5 Å². The fraction of sp³-hybridized carbons (Fsp3) is 0.239. The Labute approximate surface area is 762 Å². The minimum absolute atomic E-state index is 0. The summed E-state index contributed by atoms with van der Waals surface area (Å²) in [6.45, 7) is 8.05. The Bertz CT molecular complexity index is 5430. The molecule has 0 unspecified atom stereocenters. The standard InChI is InChI=1S/2C46H43FN2O9S3.Ca/c2*1-27(2)44-43(42(29-6-4-3-5-7-29)45(30-8-12-31(47)13-9-30)49(44)23-22-33(50)24-34(51)25-38(52)53)46(56)48-32-14-18-36(19-15-32)58-40(55)21-20-39(54)57-35-16-10-28(11-17-35)37-26-41(59)61-60-37;/h2*3-19,26-27,33-34,50-51H,20-25H2,1-2H3,(H,48,56)(H,52,53);/q;;+2/p-2/t2*33-,34-;/m11./s1. The molecule has 4 atom stereocenters. The van der Waals surface area contributed by atoms with Crippen LogP contribution in [-0.2, 0) is 41.9 Å². The van der Waals surface area contributed by atoms with E-state index in [4.69, 9.17) is 43.4 Å². The number of carboxylic acid groups (broad SMARTS) is 2. The zero-order chi connectivity index (χ0) is 87.3. The van der Waals surface area contributed by atoms with E-state index in [2.05, 4.69) is 10.6 Å². The van der Waals surface area contributed by atoms with Crippen molar-refractivity contribution >= 4 is 163 Å². The predicted octanol–water partition coefficient (Wildman–Crippen LogP) is 17.2. The number of carbonyl (C=O) groups is 8. The zero-order valence-corrected chi connectivity index (χ0v) is 74.2. The first-order valence-electron chi connectivity index (χ1n) is 38.8. The molecule has 0 aliphatic heterocycles. The van der Waals surface area contributed by atoms with Crippen LogP contribution in [0.15, 0.2) is 218 Å². The van der Waals surface area contributed by atoms with Crippen LogP contribution in [0.2, 0.25) is 0 Å². The van der Waals surface area contributed by atoms with Crippen LogP contribution in [0.3, 0.4) is 0 Å². The van der Waals surface area contributed by atoms with Crippen LogP contribution in [0.5, 0.6) is 23.0 Å². The summed E-state index contributed by atoms with van der Waals surface area (Å²) in [5, 5.41) is 70.0. The number of rotatable bonds is 36. The van der Waals surface area contributed by atoms with Crippen LogP contribution in [0.1, 0.15) is 136 Å². The molecule has 31 heteroatoms. The van der Waals surface area contributed by atoms with E-state index >= 15 is 0 Å². The number of aliphatic hydroxyl groups is 4. The number of aromatic nitrogens is 2. The molecule has 2 amide bonds. The summed E-state index contributed by atoms with van der Waals surface area (Å²) in [6.07, 6.45) is -7.06. The molecule has 0 radical (unpaired) electrons. The van der Waals surface area contributed by atoms with Gasteiger partial charge < -0.3 is 78.9 Å². The van der Waals surface area contributed by atoms with Gasteiger partial charge >= 0.3 is 61.6 Å². The van der Waals surface area contributed by atoms with Crippen LogP contribution < -0.4 is 39.8 Å². The Kier molecular flexibility index (Phi) is 34.9. The summed E-state index contributed by atoms with van der Waals surface area (Å²) in [5.74, 6) is -6.53. The van der Waals surface area contributed by atoms with E-state index < -0.39 is 96.5 Å². The first-order chi connectivity index (χ1) is 58.5. The monoisotopic (exact) mass is 1800 g/mol. The number of anilines is 2. The third-order valence-electron chi connectivity index (χ3n) is 19.2. The maximum absolute atomic E-state index is 14.5. The molecule has 632 valence electrons. The second-order valence-electron chi connectivity index (χ2n) is 29.0. The van der Waals surface area contributed by atoms with E-state index in [0.717, 1.165) is 28.5 Å². The van der Waals surface area contributed by atoms with E-state index in [1.165, 1.54) is 69.2 Å². The maximum Gasteiger partial charge on any atom is 2.00 e. The molecule has 6 N–H and O–H groups in total. The zero-order valence-electron chi connectivity index (χ0n) is 67.0. The number of carbonyl (C=O) groups excluding carboxylic acids is 8. The molecule has 8 aromatic carbocycles. The number of aliphatic hydroxyl groups excluding tert-OH is 4. The molecule has 0 fully saturated rings. The second-order valence-corrected chi connectivity index (χ2v) is 34.9. The Morgan fingerprint density at radius 2 is 0.691 bits per heavy atom. The van der Waals surface area contributed by atoms with Crippen LogP contribution in [0, 0.1) is 19.3 Å². The fourth-order valence-electron chi connectivity index (χ4n) is 13.8. The number of esters is 4. The molecule has 0 saturated heterocycles. The summed E-state index contributed by atoms with van der Waals surface area (Å²) >= 11 is 10.4. The normalized spacial score (nSPS) is 12.1. The van der Waals surface area contributed by atoms with Gasteiger partial charge in [0.2, 0.25) is 0 Å². The van der Waals surface area contributed by atoms with Gasteiger partial charge in [0.25, 0.3) is 11.8 Å². The minimum atomic E-state index is -1.43. The average molecular weight is 1800 g/mol. The molecule has 0 bridgehead atoms. The van der Waals surface area contributed by atoms with Gasteiger partial charge in [0.1, 0.15) is 42.3 Å². The van der Waals surface area contributed by atoms with Gasteiger partial charge in [-0.05, 0) is 229 Å². The average Bonchev–Trinajstić information content (AvgIpc) is 1.59. The smallest absolute Gasteiger partial charge is 0.550 e. The molecule has 4 heterocycles. The van der Waals surface area contributed by atoms with Crippen molar-refractivity contribution in [1.29, 1.82) is 0 Å². The van der Waals surface area contributed by atoms with Gasteiger partial charge in [-0.2, -0.15) is 0 Å². The van der Waals surface area contributed by atoms with Crippen molar-refractivity contribution in [2.75, 3.05) is 10.6 Å². The molecule has 0 aliphatic rings. The van der Waals surface area contributed by atoms with Crippen molar-refractivity contribution in [1.82, 2.24) is 9.13 Å². The summed E-state index contributed by atoms with van der Waals surface area (Å²) in [6, 6.07) is 60.5. The first-order valence-corrected chi connectivity index (χ1v) is 44.0. The second kappa shape index (κ2) is 45.3. The molecular formula is C92H84CaF2N4O18S6. The number of carboxylic acids is 2. The molecular weight excluding hydrogens is 1720 g/mol. The van der Waals surface area contributed by atoms with Crippen LogP contribution in [-0.4, -0.2) is 139 Å². The predicted molar refractivity (Wildman–Crippen MR) is 473 cm³/mol. The maximum atomic E-state index is 14.5. The number of hydrogen-bond donors (Lipinski definition) is 6. The minimum Gasteiger partial charge on any atom is -0.550 e. The summed E-state index contributed by atoms with van der Waals surface area (Å²) in [7, 11) is 6.16. The van der Waals surface area contributed by atoms with E-state index in [-0.39, 0.29) is 126 Å². The molecule has 0 aliphatic carbocycles. The van der Waals surface area contributed by atoms with Crippen LogP contribution in [0.25, 0.3) is 65.6 Å². The summed E-state index contributed by atoms with van der Waals surface area (Å²) in [5.41, 5.74) is 9.66. The van der Waals surface area contributed by atoms with Gasteiger partial charge in [-0.1, -0.05) is 154 Å². The quantitative estimate of drug-likeness (QED) is 0.00698. The number of nitrogens with one attached hydrogen (secondary N) is 2. The number of ether oxygens (including phenoxy) is 4. The van der Waals surface area contributed by atoms with Gasteiger partial charge in [-0.15, -0.1) is 0 Å².